The van der Waals surface area contributed by atoms with E-state index in [4.69, 9.17) is 4.42 Å². The van der Waals surface area contributed by atoms with Crippen LogP contribution in [0.3, 0.4) is 0 Å². The van der Waals surface area contributed by atoms with Crippen LogP contribution in [0.2, 0.25) is 0 Å². The molecule has 36 heavy (non-hydrogen) atoms. The van der Waals surface area contributed by atoms with Crippen LogP contribution in [0, 0.1) is 12.3 Å². The fourth-order valence-electron chi connectivity index (χ4n) is 6.70. The Labute approximate surface area is 212 Å². The maximum atomic E-state index is 6.42. The Balaban J connectivity index is 1.54. The largest absolute Gasteiger partial charge is 0.456 e. The van der Waals surface area contributed by atoms with E-state index in [1.165, 1.54) is 33.7 Å². The fourth-order valence-corrected chi connectivity index (χ4v) is 6.70. The lowest BCUT2D eigenvalue weighted by atomic mass is 9.58. The number of hydrogen-bond donors (Lipinski definition) is 0. The molecule has 0 radical (unpaired) electrons. The van der Waals surface area contributed by atoms with Gasteiger partial charge in [0.15, 0.2) is 0 Å². The number of anilines is 4. The van der Waals surface area contributed by atoms with Gasteiger partial charge in [-0.2, -0.15) is 0 Å². The van der Waals surface area contributed by atoms with Crippen molar-refractivity contribution in [2.24, 2.45) is 5.41 Å². The average molecular weight is 471 g/mol. The van der Waals surface area contributed by atoms with Crippen molar-refractivity contribution >= 4 is 44.7 Å². The molecule has 2 aliphatic heterocycles. The first kappa shape index (κ1) is 21.3. The molecule has 0 saturated heterocycles. The Morgan fingerprint density at radius 2 is 1.33 bits per heavy atom. The number of allylic oxidation sites excluding steroid dienone is 1. The lowest BCUT2D eigenvalue weighted by molar-refractivity contribution is 0.171. The van der Waals surface area contributed by atoms with Crippen LogP contribution in [-0.2, 0) is 5.41 Å². The SMILES string of the molecule is C=CC1(C)c2ccccc2N2c3ccccc3N(c3ccc4c(oc5ccccc54)c3C)C2C1(C)C. The molecule has 0 N–H and O–H groups in total. The van der Waals surface area contributed by atoms with Crippen molar-refractivity contribution in [2.75, 3.05) is 9.80 Å². The van der Waals surface area contributed by atoms with Crippen LogP contribution in [0.25, 0.3) is 21.9 Å². The van der Waals surface area contributed by atoms with Crippen molar-refractivity contribution in [2.45, 2.75) is 39.3 Å². The second-order valence-electron chi connectivity index (χ2n) is 10.9. The highest BCUT2D eigenvalue weighted by molar-refractivity contribution is 6.07. The third-order valence-electron chi connectivity index (χ3n) is 9.03. The van der Waals surface area contributed by atoms with Crippen LogP contribution < -0.4 is 9.80 Å². The molecule has 3 heteroatoms. The van der Waals surface area contributed by atoms with Gasteiger partial charge in [0.1, 0.15) is 17.3 Å². The van der Waals surface area contributed by atoms with E-state index in [1.54, 1.807) is 0 Å². The monoisotopic (exact) mass is 470 g/mol. The topological polar surface area (TPSA) is 19.6 Å². The number of fused-ring (bicyclic) bond motifs is 8. The van der Waals surface area contributed by atoms with Gasteiger partial charge in [-0.25, -0.2) is 0 Å². The molecule has 178 valence electrons. The molecule has 5 aromatic rings. The number of hydrogen-bond acceptors (Lipinski definition) is 3. The normalized spacial score (nSPS) is 21.9. The molecule has 0 bridgehead atoms. The minimum absolute atomic E-state index is 0.0633. The lowest BCUT2D eigenvalue weighted by Gasteiger charge is -2.56. The number of benzene rings is 4. The molecular formula is C33H30N2O. The predicted molar refractivity (Wildman–Crippen MR) is 151 cm³/mol. The first-order chi connectivity index (χ1) is 17.4. The predicted octanol–water partition coefficient (Wildman–Crippen LogP) is 8.99. The molecule has 0 aliphatic carbocycles. The highest BCUT2D eigenvalue weighted by Crippen LogP contribution is 2.62. The van der Waals surface area contributed by atoms with Crippen LogP contribution >= 0.6 is 0 Å². The van der Waals surface area contributed by atoms with E-state index in [9.17, 15) is 0 Å². The second kappa shape index (κ2) is 7.04. The Bertz CT molecular complexity index is 1690. The lowest BCUT2D eigenvalue weighted by Crippen LogP contribution is -2.60. The zero-order chi connectivity index (χ0) is 24.8. The highest BCUT2D eigenvalue weighted by atomic mass is 16.3. The van der Waals surface area contributed by atoms with Gasteiger partial charge in [-0.1, -0.05) is 75.4 Å². The summed E-state index contributed by atoms with van der Waals surface area (Å²) in [7, 11) is 0. The third-order valence-corrected chi connectivity index (χ3v) is 9.03. The van der Waals surface area contributed by atoms with E-state index in [0.717, 1.165) is 22.1 Å². The summed E-state index contributed by atoms with van der Waals surface area (Å²) in [6, 6.07) is 30.4. The van der Waals surface area contributed by atoms with Gasteiger partial charge >= 0.3 is 0 Å². The van der Waals surface area contributed by atoms with Gasteiger partial charge in [0.25, 0.3) is 0 Å². The van der Waals surface area contributed by atoms with Crippen LogP contribution in [0.4, 0.5) is 22.7 Å². The molecule has 7 rings (SSSR count). The quantitative estimate of drug-likeness (QED) is 0.240. The maximum Gasteiger partial charge on any atom is 0.140 e. The number of rotatable bonds is 2. The smallest absolute Gasteiger partial charge is 0.140 e. The van der Waals surface area contributed by atoms with Gasteiger partial charge in [0, 0.05) is 38.5 Å². The van der Waals surface area contributed by atoms with Gasteiger partial charge in [0.05, 0.1) is 11.4 Å². The Morgan fingerprint density at radius 3 is 2.06 bits per heavy atom. The molecule has 2 unspecified atom stereocenters. The molecule has 0 amide bonds. The summed E-state index contributed by atoms with van der Waals surface area (Å²) < 4.78 is 6.42. The molecule has 3 heterocycles. The molecule has 1 aromatic heterocycles. The molecule has 0 spiro atoms. The van der Waals surface area contributed by atoms with E-state index >= 15 is 0 Å². The summed E-state index contributed by atoms with van der Waals surface area (Å²) in [6.07, 6.45) is 2.22. The van der Waals surface area contributed by atoms with Crippen molar-refractivity contribution in [3.05, 3.63) is 109 Å². The van der Waals surface area contributed by atoms with E-state index in [1.807, 2.05) is 6.07 Å². The average Bonchev–Trinajstić information content (AvgIpc) is 3.45. The standard InChI is InChI=1S/C33H30N2O/c1-6-33(5)24-14-8-9-15-26(24)35-28-17-11-10-16-27(28)34(31(35)32(33,3)4)25-20-19-23-22-13-7-12-18-29(22)36-30(23)21(25)2/h6-20,31H,1H2,2-5H3. The van der Waals surface area contributed by atoms with Gasteiger partial charge < -0.3 is 14.2 Å². The summed E-state index contributed by atoms with van der Waals surface area (Å²) in [5, 5.41) is 2.33. The molecule has 2 aliphatic rings. The minimum Gasteiger partial charge on any atom is -0.456 e. The minimum atomic E-state index is -0.220. The van der Waals surface area contributed by atoms with Gasteiger partial charge in [0.2, 0.25) is 0 Å². The molecule has 4 aromatic carbocycles. The van der Waals surface area contributed by atoms with E-state index < -0.39 is 0 Å². The summed E-state index contributed by atoms with van der Waals surface area (Å²) in [6.45, 7) is 13.6. The van der Waals surface area contributed by atoms with E-state index in [2.05, 4.69) is 129 Å². The van der Waals surface area contributed by atoms with Crippen molar-refractivity contribution in [1.82, 2.24) is 0 Å². The van der Waals surface area contributed by atoms with Crippen molar-refractivity contribution < 1.29 is 4.42 Å². The van der Waals surface area contributed by atoms with Gasteiger partial charge in [-0.05, 0) is 48.9 Å². The van der Waals surface area contributed by atoms with E-state index in [0.29, 0.717) is 0 Å². The van der Waals surface area contributed by atoms with Gasteiger partial charge in [-0.3, -0.25) is 0 Å². The molecule has 3 nitrogen and oxygen atoms in total. The number of aryl methyl sites for hydroxylation is 1. The summed E-state index contributed by atoms with van der Waals surface area (Å²) >= 11 is 0. The van der Waals surface area contributed by atoms with Crippen LogP contribution in [-0.4, -0.2) is 6.17 Å². The van der Waals surface area contributed by atoms with Crippen molar-refractivity contribution in [3.8, 4) is 0 Å². The first-order valence-corrected chi connectivity index (χ1v) is 12.7. The number of nitrogens with zero attached hydrogens (tertiary/aromatic N) is 2. The Hall–Kier alpha value is -3.98. The molecule has 0 saturated carbocycles. The van der Waals surface area contributed by atoms with Gasteiger partial charge in [-0.15, -0.1) is 6.58 Å². The second-order valence-corrected chi connectivity index (χ2v) is 10.9. The third kappa shape index (κ3) is 2.43. The van der Waals surface area contributed by atoms with Crippen LogP contribution in [0.5, 0.6) is 0 Å². The maximum absolute atomic E-state index is 6.42. The molecule has 0 fully saturated rings. The fraction of sp³-hybridized carbons (Fsp3) is 0.212. The number of para-hydroxylation sites is 4. The van der Waals surface area contributed by atoms with Crippen molar-refractivity contribution in [3.63, 3.8) is 0 Å². The highest BCUT2D eigenvalue weighted by Gasteiger charge is 2.58. The van der Waals surface area contributed by atoms with Crippen LogP contribution in [0.1, 0.15) is 31.9 Å². The zero-order valence-corrected chi connectivity index (χ0v) is 21.2. The van der Waals surface area contributed by atoms with Crippen LogP contribution in [0.15, 0.2) is 102 Å². The Morgan fingerprint density at radius 1 is 0.722 bits per heavy atom. The first-order valence-electron chi connectivity index (χ1n) is 12.7. The zero-order valence-electron chi connectivity index (χ0n) is 21.2. The summed E-state index contributed by atoms with van der Waals surface area (Å²) in [4.78, 5) is 5.08. The summed E-state index contributed by atoms with van der Waals surface area (Å²) in [5.74, 6) is 0. The number of furan rings is 1. The molecular weight excluding hydrogens is 440 g/mol. The Kier molecular flexibility index (Phi) is 4.17. The summed E-state index contributed by atoms with van der Waals surface area (Å²) in [5.41, 5.74) is 8.88. The van der Waals surface area contributed by atoms with Crippen molar-refractivity contribution in [1.29, 1.82) is 0 Å². The van der Waals surface area contributed by atoms with E-state index in [-0.39, 0.29) is 17.0 Å². The molecule has 2 atom stereocenters.